The van der Waals surface area contributed by atoms with E-state index in [2.05, 4.69) is 67.1 Å². The van der Waals surface area contributed by atoms with E-state index < -0.39 is 0 Å². The average molecular weight is 552 g/mol. The number of thioether (sulfide) groups is 1. The van der Waals surface area contributed by atoms with Crippen molar-refractivity contribution in [3.05, 3.63) is 0 Å². The van der Waals surface area contributed by atoms with Crippen molar-refractivity contribution in [1.29, 1.82) is 0 Å². The van der Waals surface area contributed by atoms with Crippen LogP contribution in [0, 0.1) is 17.8 Å². The Hall–Kier alpha value is -1.04. The lowest BCUT2D eigenvalue weighted by Gasteiger charge is -2.03. The first-order valence-electron chi connectivity index (χ1n) is 14.8. The highest BCUT2D eigenvalue weighted by atomic mass is 32.2. The zero-order valence-electron chi connectivity index (χ0n) is 28.1. The molecule has 3 aliphatic heterocycles. The van der Waals surface area contributed by atoms with E-state index in [1.165, 1.54) is 11.8 Å². The maximum absolute atomic E-state index is 10.5. The summed E-state index contributed by atoms with van der Waals surface area (Å²) in [4.78, 5) is 32.5. The van der Waals surface area contributed by atoms with Crippen LogP contribution in [-0.2, 0) is 19.1 Å². The van der Waals surface area contributed by atoms with Crippen molar-refractivity contribution in [2.24, 2.45) is 17.8 Å². The summed E-state index contributed by atoms with van der Waals surface area (Å²) in [6.45, 7) is 33.1. The molecule has 0 radical (unpaired) electrons. The molecule has 0 saturated carbocycles. The summed E-state index contributed by atoms with van der Waals surface area (Å²) in [5.41, 5.74) is 0. The summed E-state index contributed by atoms with van der Waals surface area (Å²) < 4.78 is 4.51. The fourth-order valence-corrected chi connectivity index (χ4v) is 2.54. The summed E-state index contributed by atoms with van der Waals surface area (Å²) in [6, 6.07) is 0. The average Bonchev–Trinajstić information content (AvgIpc) is 3.58. The number of hydrogen-bond acceptors (Lipinski definition) is 5. The molecule has 6 heteroatoms. The van der Waals surface area contributed by atoms with Crippen LogP contribution in [0.1, 0.15) is 142 Å². The van der Waals surface area contributed by atoms with Gasteiger partial charge in [-0.3, -0.25) is 14.4 Å². The molecular formula is C31H69NO4S. The summed E-state index contributed by atoms with van der Waals surface area (Å²) in [7, 11) is 1.84. The number of carbonyl (C=O) groups is 3. The van der Waals surface area contributed by atoms with E-state index in [0.717, 1.165) is 62.2 Å². The van der Waals surface area contributed by atoms with Crippen LogP contribution >= 0.6 is 11.8 Å². The van der Waals surface area contributed by atoms with Crippen molar-refractivity contribution >= 4 is 28.8 Å². The third-order valence-electron chi connectivity index (χ3n) is 2.89. The molecule has 5 nitrogen and oxygen atoms in total. The molecule has 3 aliphatic rings. The predicted molar refractivity (Wildman–Crippen MR) is 169 cm³/mol. The SMILES string of the molecule is CC.CC.CC.CC(C)C.CC(C)C.CC(C)C.CN1CCCC1=O.O=C1CCCO1.O=C1CCCS1. The molecule has 3 rings (SSSR count). The van der Waals surface area contributed by atoms with Gasteiger partial charge < -0.3 is 9.64 Å². The number of rotatable bonds is 0. The van der Waals surface area contributed by atoms with Gasteiger partial charge in [0.2, 0.25) is 5.91 Å². The molecule has 0 aliphatic carbocycles. The van der Waals surface area contributed by atoms with E-state index in [4.69, 9.17) is 0 Å². The van der Waals surface area contributed by atoms with E-state index in [9.17, 15) is 14.4 Å². The minimum Gasteiger partial charge on any atom is -0.466 e. The van der Waals surface area contributed by atoms with Gasteiger partial charge in [-0.05, 0) is 37.0 Å². The molecule has 0 unspecified atom stereocenters. The molecule has 3 heterocycles. The smallest absolute Gasteiger partial charge is 0.305 e. The first kappa shape index (κ1) is 49.0. The van der Waals surface area contributed by atoms with Crippen LogP contribution in [0.4, 0.5) is 0 Å². The largest absolute Gasteiger partial charge is 0.466 e. The molecule has 3 saturated heterocycles. The Kier molecular flexibility index (Phi) is 55.7. The van der Waals surface area contributed by atoms with Crippen LogP contribution in [0.15, 0.2) is 0 Å². The second-order valence-electron chi connectivity index (χ2n) is 9.76. The minimum atomic E-state index is -0.0463. The third kappa shape index (κ3) is 72.0. The molecule has 1 amide bonds. The van der Waals surface area contributed by atoms with Crippen LogP contribution in [0.5, 0.6) is 0 Å². The molecule has 0 spiro atoms. The molecule has 0 aromatic heterocycles. The van der Waals surface area contributed by atoms with E-state index >= 15 is 0 Å². The van der Waals surface area contributed by atoms with E-state index in [0.29, 0.717) is 24.1 Å². The number of carbonyl (C=O) groups excluding carboxylic acids is 3. The monoisotopic (exact) mass is 551 g/mol. The van der Waals surface area contributed by atoms with Crippen LogP contribution in [-0.4, -0.2) is 47.8 Å². The second-order valence-corrected chi connectivity index (χ2v) is 10.9. The Morgan fingerprint density at radius 2 is 1.05 bits per heavy atom. The lowest BCUT2D eigenvalue weighted by atomic mass is 10.3. The molecule has 0 aromatic rings. The fourth-order valence-electron chi connectivity index (χ4n) is 1.73. The molecule has 228 valence electrons. The van der Waals surface area contributed by atoms with Gasteiger partial charge in [-0.25, -0.2) is 0 Å². The Bertz CT molecular complexity index is 394. The molecular weight excluding hydrogens is 482 g/mol. The zero-order valence-corrected chi connectivity index (χ0v) is 28.9. The van der Waals surface area contributed by atoms with Crippen molar-refractivity contribution in [3.63, 3.8) is 0 Å². The van der Waals surface area contributed by atoms with Crippen molar-refractivity contribution in [2.75, 3.05) is 26.0 Å². The van der Waals surface area contributed by atoms with Gasteiger partial charge in [0.1, 0.15) is 0 Å². The third-order valence-corrected chi connectivity index (χ3v) is 3.91. The first-order chi connectivity index (χ1) is 17.3. The Morgan fingerprint density at radius 3 is 1.14 bits per heavy atom. The van der Waals surface area contributed by atoms with E-state index in [1.54, 1.807) is 4.90 Å². The second kappa shape index (κ2) is 42.1. The summed E-state index contributed by atoms with van der Waals surface area (Å²) in [5.74, 6) is 3.80. The summed E-state index contributed by atoms with van der Waals surface area (Å²) in [5, 5.41) is 0.370. The van der Waals surface area contributed by atoms with Gasteiger partial charge in [-0.15, -0.1) is 0 Å². The number of esters is 1. The van der Waals surface area contributed by atoms with Crippen molar-refractivity contribution < 1.29 is 19.1 Å². The predicted octanol–water partition coefficient (Wildman–Crippen LogP) is 9.67. The van der Waals surface area contributed by atoms with Gasteiger partial charge in [0.15, 0.2) is 5.12 Å². The quantitative estimate of drug-likeness (QED) is 0.280. The van der Waals surface area contributed by atoms with Crippen molar-refractivity contribution in [1.82, 2.24) is 4.90 Å². The van der Waals surface area contributed by atoms with Gasteiger partial charge in [-0.1, -0.05) is 116 Å². The fraction of sp³-hybridized carbons (Fsp3) is 0.903. The highest BCUT2D eigenvalue weighted by molar-refractivity contribution is 8.14. The van der Waals surface area contributed by atoms with Gasteiger partial charge >= 0.3 is 5.97 Å². The molecule has 3 fully saturated rings. The zero-order chi connectivity index (χ0) is 30.8. The first-order valence-corrected chi connectivity index (χ1v) is 15.8. The van der Waals surface area contributed by atoms with E-state index in [1.807, 2.05) is 48.6 Å². The lowest BCUT2D eigenvalue weighted by molar-refractivity contribution is -0.138. The normalized spacial score (nSPS) is 14.5. The van der Waals surface area contributed by atoms with Crippen LogP contribution in [0.3, 0.4) is 0 Å². The Balaban J connectivity index is -0.0000000759. The minimum absolute atomic E-state index is 0.0463. The number of amides is 1. The number of ether oxygens (including phenoxy) is 1. The van der Waals surface area contributed by atoms with Crippen LogP contribution in [0.2, 0.25) is 0 Å². The highest BCUT2D eigenvalue weighted by Gasteiger charge is 2.14. The van der Waals surface area contributed by atoms with Crippen LogP contribution < -0.4 is 0 Å². The molecule has 0 aromatic carbocycles. The van der Waals surface area contributed by atoms with Crippen molar-refractivity contribution in [2.45, 2.75) is 142 Å². The van der Waals surface area contributed by atoms with Gasteiger partial charge in [0, 0.05) is 38.6 Å². The maximum Gasteiger partial charge on any atom is 0.305 e. The molecule has 0 N–H and O–H groups in total. The number of hydrogen-bond donors (Lipinski definition) is 0. The molecule has 37 heavy (non-hydrogen) atoms. The van der Waals surface area contributed by atoms with Crippen LogP contribution in [0.25, 0.3) is 0 Å². The standard InChI is InChI=1S/C5H9NO.C4H6O2.C4H6OS.3C4H10.3C2H6/c1-6-4-2-3-5(6)7;2*5-4-2-1-3-6-4;3*1-4(2)3;3*1-2/h2-4H2,1H3;2*1-3H2;3*4H,1-3H3;3*1-2H3. The number of cyclic esters (lactones) is 1. The lowest BCUT2D eigenvalue weighted by Crippen LogP contribution is -2.17. The van der Waals surface area contributed by atoms with Gasteiger partial charge in [0.05, 0.1) is 6.61 Å². The Labute approximate surface area is 238 Å². The summed E-state index contributed by atoms with van der Waals surface area (Å²) >= 11 is 1.46. The summed E-state index contributed by atoms with van der Waals surface area (Å²) in [6.07, 6.45) is 5.26. The number of likely N-dealkylation sites (tertiary alicyclic amines) is 1. The number of nitrogens with zero attached hydrogens (tertiary/aromatic N) is 1. The maximum atomic E-state index is 10.5. The van der Waals surface area contributed by atoms with Gasteiger partial charge in [-0.2, -0.15) is 0 Å². The van der Waals surface area contributed by atoms with Crippen molar-refractivity contribution in [3.8, 4) is 0 Å². The molecule has 0 atom stereocenters. The van der Waals surface area contributed by atoms with E-state index in [-0.39, 0.29) is 5.97 Å². The highest BCUT2D eigenvalue weighted by Crippen LogP contribution is 2.17. The molecule has 0 bridgehead atoms. The Morgan fingerprint density at radius 1 is 0.649 bits per heavy atom. The van der Waals surface area contributed by atoms with Gasteiger partial charge in [0.25, 0.3) is 0 Å². The topological polar surface area (TPSA) is 63.7 Å².